The van der Waals surface area contributed by atoms with Crippen LogP contribution in [0.2, 0.25) is 0 Å². The first-order valence-electron chi connectivity index (χ1n) is 14.0. The molecule has 0 radical (unpaired) electrons. The van der Waals surface area contributed by atoms with Crippen molar-refractivity contribution in [1.82, 2.24) is 25.2 Å². The summed E-state index contributed by atoms with van der Waals surface area (Å²) >= 11 is 0. The molecule has 2 N–H and O–H groups in total. The van der Waals surface area contributed by atoms with Crippen LogP contribution in [-0.4, -0.2) is 82.5 Å². The van der Waals surface area contributed by atoms with Gasteiger partial charge in [0.25, 0.3) is 0 Å². The number of anilines is 1. The number of likely N-dealkylation sites (N-methyl/N-ethyl adjacent to an activating group) is 1. The standard InChI is InChI=1S/C30H32F2N6O2/c1-37(20-7-9-33-14-20)28-24-15-34-26(23-12-21(39)11-18-5-2-3-6-22(18)23)25(32)27(24)35-29(36-28)40-17-30-8-4-10-38(30)16-19(31)13-30/h2-3,5-6,11-12,15,19-20,33,39H,4,7-10,13-14,16-17H2,1H3/t19-,20+,30-/m0/s1. The van der Waals surface area contributed by atoms with Gasteiger partial charge in [0.2, 0.25) is 0 Å². The zero-order valence-corrected chi connectivity index (χ0v) is 22.4. The molecule has 208 valence electrons. The molecule has 40 heavy (non-hydrogen) atoms. The number of nitrogens with zero attached hydrogens (tertiary/aromatic N) is 5. The van der Waals surface area contributed by atoms with Gasteiger partial charge in [0.15, 0.2) is 5.82 Å². The Bertz CT molecular complexity index is 1600. The second-order valence-corrected chi connectivity index (χ2v) is 11.3. The summed E-state index contributed by atoms with van der Waals surface area (Å²) in [5.41, 5.74) is 0.302. The van der Waals surface area contributed by atoms with Gasteiger partial charge in [-0.3, -0.25) is 9.88 Å². The average molecular weight is 547 g/mol. The molecule has 0 amide bonds. The van der Waals surface area contributed by atoms with Gasteiger partial charge in [-0.05, 0) is 55.3 Å². The Morgan fingerprint density at radius 1 is 1.23 bits per heavy atom. The SMILES string of the molecule is CN(c1nc(OC[C@@]23CCCN2C[C@@H](F)C3)nc2c(F)c(-c3cc(O)cc4ccccc34)ncc12)[C@@H]1CCNC1. The number of hydrogen-bond donors (Lipinski definition) is 2. The molecule has 10 heteroatoms. The van der Waals surface area contributed by atoms with E-state index < -0.39 is 12.0 Å². The first-order chi connectivity index (χ1) is 19.4. The Kier molecular flexibility index (Phi) is 6.20. The fraction of sp³-hybridized carbons (Fsp3) is 0.433. The summed E-state index contributed by atoms with van der Waals surface area (Å²) < 4.78 is 37.0. The summed E-state index contributed by atoms with van der Waals surface area (Å²) in [5.74, 6) is -0.0352. The predicted molar refractivity (Wildman–Crippen MR) is 150 cm³/mol. The highest BCUT2D eigenvalue weighted by atomic mass is 19.1. The summed E-state index contributed by atoms with van der Waals surface area (Å²) in [6.45, 7) is 3.21. The fourth-order valence-corrected chi connectivity index (χ4v) is 6.82. The van der Waals surface area contributed by atoms with Gasteiger partial charge in [-0.1, -0.05) is 24.3 Å². The number of rotatable bonds is 6. The normalized spacial score (nSPS) is 24.7. The second kappa shape index (κ2) is 9.78. The summed E-state index contributed by atoms with van der Waals surface area (Å²) in [7, 11) is 1.94. The molecule has 3 saturated heterocycles. The van der Waals surface area contributed by atoms with Gasteiger partial charge in [-0.15, -0.1) is 0 Å². The van der Waals surface area contributed by atoms with Gasteiger partial charge < -0.3 is 20.1 Å². The highest BCUT2D eigenvalue weighted by molar-refractivity contribution is 5.99. The van der Waals surface area contributed by atoms with E-state index in [0.29, 0.717) is 29.7 Å². The van der Waals surface area contributed by atoms with Crippen molar-refractivity contribution in [3.8, 4) is 23.0 Å². The molecule has 7 rings (SSSR count). The number of alkyl halides is 1. The Balaban J connectivity index is 1.34. The Hall–Kier alpha value is -3.63. The van der Waals surface area contributed by atoms with Gasteiger partial charge in [0.05, 0.1) is 10.9 Å². The van der Waals surface area contributed by atoms with Gasteiger partial charge in [0, 0.05) is 44.4 Å². The maximum atomic E-state index is 16.4. The van der Waals surface area contributed by atoms with Crippen LogP contribution < -0.4 is 15.0 Å². The minimum Gasteiger partial charge on any atom is -0.508 e. The number of hydrogen-bond acceptors (Lipinski definition) is 8. The van der Waals surface area contributed by atoms with Crippen molar-refractivity contribution >= 4 is 27.5 Å². The molecule has 0 spiro atoms. The molecule has 3 aliphatic rings. The molecule has 0 aliphatic carbocycles. The highest BCUT2D eigenvalue weighted by Crippen LogP contribution is 2.41. The zero-order valence-electron chi connectivity index (χ0n) is 22.4. The van der Waals surface area contributed by atoms with Crippen LogP contribution in [0.4, 0.5) is 14.6 Å². The summed E-state index contributed by atoms with van der Waals surface area (Å²) in [5, 5.41) is 15.8. The number of fused-ring (bicyclic) bond motifs is 3. The molecule has 0 saturated carbocycles. The molecule has 2 aromatic heterocycles. The monoisotopic (exact) mass is 546 g/mol. The van der Waals surface area contributed by atoms with Gasteiger partial charge >= 0.3 is 6.01 Å². The highest BCUT2D eigenvalue weighted by Gasteiger charge is 2.49. The Labute approximate surface area is 231 Å². The third-order valence-corrected chi connectivity index (χ3v) is 8.89. The number of halogens is 2. The smallest absolute Gasteiger partial charge is 0.319 e. The third-order valence-electron chi connectivity index (χ3n) is 8.89. The van der Waals surface area contributed by atoms with Crippen LogP contribution in [0, 0.1) is 5.82 Å². The quantitative estimate of drug-likeness (QED) is 0.367. The molecular weight excluding hydrogens is 514 g/mol. The lowest BCUT2D eigenvalue weighted by Gasteiger charge is -2.31. The van der Waals surface area contributed by atoms with E-state index in [9.17, 15) is 9.50 Å². The Morgan fingerprint density at radius 2 is 2.10 bits per heavy atom. The molecule has 5 heterocycles. The van der Waals surface area contributed by atoms with Crippen molar-refractivity contribution in [3.05, 3.63) is 48.4 Å². The summed E-state index contributed by atoms with van der Waals surface area (Å²) in [6.07, 6.45) is 3.94. The van der Waals surface area contributed by atoms with E-state index in [-0.39, 0.29) is 41.2 Å². The van der Waals surface area contributed by atoms with E-state index in [2.05, 4.69) is 20.2 Å². The van der Waals surface area contributed by atoms with Crippen LogP contribution in [0.25, 0.3) is 32.9 Å². The van der Waals surface area contributed by atoms with Crippen molar-refractivity contribution in [3.63, 3.8) is 0 Å². The second-order valence-electron chi connectivity index (χ2n) is 11.3. The lowest BCUT2D eigenvalue weighted by atomic mass is 9.95. The van der Waals surface area contributed by atoms with Crippen LogP contribution in [-0.2, 0) is 0 Å². The lowest BCUT2D eigenvalue weighted by Crippen LogP contribution is -2.43. The van der Waals surface area contributed by atoms with Gasteiger partial charge in [-0.25, -0.2) is 8.78 Å². The minimum atomic E-state index is -0.874. The molecule has 3 atom stereocenters. The van der Waals surface area contributed by atoms with Crippen molar-refractivity contribution in [1.29, 1.82) is 0 Å². The molecular formula is C30H32F2N6O2. The number of ether oxygens (including phenoxy) is 1. The van der Waals surface area contributed by atoms with Crippen molar-refractivity contribution < 1.29 is 18.6 Å². The zero-order chi connectivity index (χ0) is 27.4. The van der Waals surface area contributed by atoms with E-state index in [1.165, 1.54) is 6.07 Å². The van der Waals surface area contributed by atoms with E-state index in [4.69, 9.17) is 9.72 Å². The number of pyridine rings is 1. The van der Waals surface area contributed by atoms with Crippen LogP contribution in [0.15, 0.2) is 42.6 Å². The molecule has 8 nitrogen and oxygen atoms in total. The molecule has 3 aliphatic heterocycles. The maximum Gasteiger partial charge on any atom is 0.319 e. The molecule has 0 bridgehead atoms. The van der Waals surface area contributed by atoms with Gasteiger partial charge in [0.1, 0.15) is 35.6 Å². The van der Waals surface area contributed by atoms with Gasteiger partial charge in [-0.2, -0.15) is 9.97 Å². The lowest BCUT2D eigenvalue weighted by molar-refractivity contribution is 0.107. The summed E-state index contributed by atoms with van der Waals surface area (Å²) in [6, 6.07) is 10.9. The number of benzene rings is 2. The number of aromatic hydroxyl groups is 1. The molecule has 4 aromatic rings. The third kappa shape index (κ3) is 4.21. The number of phenols is 1. The van der Waals surface area contributed by atoms with E-state index in [1.807, 2.05) is 36.2 Å². The maximum absolute atomic E-state index is 16.4. The largest absolute Gasteiger partial charge is 0.508 e. The number of aromatic nitrogens is 3. The van der Waals surface area contributed by atoms with Crippen LogP contribution >= 0.6 is 0 Å². The topological polar surface area (TPSA) is 86.6 Å². The van der Waals surface area contributed by atoms with Crippen molar-refractivity contribution in [2.45, 2.75) is 43.4 Å². The molecule has 2 aromatic carbocycles. The summed E-state index contributed by atoms with van der Waals surface area (Å²) in [4.78, 5) is 18.0. The first-order valence-corrected chi connectivity index (χ1v) is 14.0. The van der Waals surface area contributed by atoms with E-state index >= 15 is 4.39 Å². The predicted octanol–water partition coefficient (Wildman–Crippen LogP) is 4.44. The number of phenolic OH excluding ortho intramolecular Hbond substituents is 1. The van der Waals surface area contributed by atoms with Crippen LogP contribution in [0.1, 0.15) is 25.7 Å². The Morgan fingerprint density at radius 3 is 2.95 bits per heavy atom. The van der Waals surface area contributed by atoms with Crippen molar-refractivity contribution in [2.24, 2.45) is 0 Å². The first kappa shape index (κ1) is 25.3. The van der Waals surface area contributed by atoms with E-state index in [1.54, 1.807) is 12.3 Å². The number of nitrogens with one attached hydrogen (secondary N) is 1. The minimum absolute atomic E-state index is 0.0268. The molecule has 3 fully saturated rings. The average Bonchev–Trinajstić information content (AvgIpc) is 3.68. The van der Waals surface area contributed by atoms with E-state index in [0.717, 1.165) is 49.7 Å². The van der Waals surface area contributed by atoms with Crippen LogP contribution in [0.3, 0.4) is 0 Å². The molecule has 0 unspecified atom stereocenters. The fourth-order valence-electron chi connectivity index (χ4n) is 6.82. The van der Waals surface area contributed by atoms with Crippen LogP contribution in [0.5, 0.6) is 11.8 Å². The van der Waals surface area contributed by atoms with Crippen molar-refractivity contribution in [2.75, 3.05) is 44.7 Å².